The van der Waals surface area contributed by atoms with E-state index in [-0.39, 0.29) is 11.3 Å². The molecule has 2 aromatic carbocycles. The Bertz CT molecular complexity index is 1820. The third-order valence-electron chi connectivity index (χ3n) is 7.62. The number of fused-ring (bicyclic) bond motifs is 1. The molecule has 10 heteroatoms. The van der Waals surface area contributed by atoms with Crippen molar-refractivity contribution in [1.29, 1.82) is 0 Å². The van der Waals surface area contributed by atoms with E-state index in [1.54, 1.807) is 28.0 Å². The number of aromatic nitrogens is 4. The molecule has 0 bridgehead atoms. The molecular formula is C34H35N7O3. The molecule has 0 spiro atoms. The highest BCUT2D eigenvalue weighted by Crippen LogP contribution is 2.33. The number of nitrogens with zero attached hydrogens (tertiary/aromatic N) is 5. The molecule has 224 valence electrons. The Labute approximate surface area is 256 Å². The lowest BCUT2D eigenvalue weighted by molar-refractivity contribution is 0.0299. The van der Waals surface area contributed by atoms with E-state index in [0.29, 0.717) is 43.5 Å². The molecule has 1 fully saturated rings. The number of benzene rings is 2. The number of aryl methyl sites for hydroxylation is 1. The Kier molecular flexibility index (Phi) is 7.84. The number of urea groups is 1. The van der Waals surface area contributed by atoms with Gasteiger partial charge in [-0.3, -0.25) is 20.1 Å². The largest absolute Gasteiger partial charge is 0.378 e. The highest BCUT2D eigenvalue weighted by Gasteiger charge is 2.23. The van der Waals surface area contributed by atoms with E-state index in [1.165, 1.54) is 0 Å². The maximum absolute atomic E-state index is 13.4. The minimum Gasteiger partial charge on any atom is -0.378 e. The highest BCUT2D eigenvalue weighted by atomic mass is 16.5. The van der Waals surface area contributed by atoms with Crippen LogP contribution in [0.4, 0.5) is 16.3 Å². The molecule has 1 aliphatic rings. The first kappa shape index (κ1) is 29.0. The van der Waals surface area contributed by atoms with E-state index in [0.717, 1.165) is 39.0 Å². The number of hydrogen-bond acceptors (Lipinski definition) is 6. The molecule has 0 unspecified atom stereocenters. The van der Waals surface area contributed by atoms with Gasteiger partial charge in [0.05, 0.1) is 36.5 Å². The normalized spacial score (nSPS) is 13.6. The number of carbonyl (C=O) groups excluding carboxylic acids is 2. The van der Waals surface area contributed by atoms with Crippen LogP contribution in [0.2, 0.25) is 0 Å². The zero-order chi connectivity index (χ0) is 30.8. The van der Waals surface area contributed by atoms with Crippen LogP contribution in [0.5, 0.6) is 0 Å². The molecule has 3 aromatic heterocycles. The Balaban J connectivity index is 1.25. The summed E-state index contributed by atoms with van der Waals surface area (Å²) in [4.78, 5) is 36.9. The lowest BCUT2D eigenvalue weighted by Gasteiger charge is -2.26. The van der Waals surface area contributed by atoms with Crippen LogP contribution in [-0.4, -0.2) is 62.9 Å². The predicted octanol–water partition coefficient (Wildman–Crippen LogP) is 6.20. The molecule has 0 atom stereocenters. The first-order chi connectivity index (χ1) is 21.2. The first-order valence-corrected chi connectivity index (χ1v) is 14.6. The molecule has 2 N–H and O–H groups in total. The average molecular weight is 590 g/mol. The lowest BCUT2D eigenvalue weighted by atomic mass is 9.92. The number of nitrogens with one attached hydrogen (secondary N) is 2. The van der Waals surface area contributed by atoms with Crippen molar-refractivity contribution in [2.45, 2.75) is 33.1 Å². The van der Waals surface area contributed by atoms with Crippen molar-refractivity contribution in [3.05, 3.63) is 96.2 Å². The van der Waals surface area contributed by atoms with Gasteiger partial charge in [0.2, 0.25) is 0 Å². The van der Waals surface area contributed by atoms with Gasteiger partial charge in [0, 0.05) is 47.4 Å². The summed E-state index contributed by atoms with van der Waals surface area (Å²) in [6.45, 7) is 10.4. The lowest BCUT2D eigenvalue weighted by Crippen LogP contribution is -2.41. The van der Waals surface area contributed by atoms with Gasteiger partial charge in [-0.25, -0.2) is 9.48 Å². The third kappa shape index (κ3) is 6.02. The maximum Gasteiger partial charge on any atom is 0.324 e. The number of pyridine rings is 2. The fourth-order valence-electron chi connectivity index (χ4n) is 5.16. The van der Waals surface area contributed by atoms with Gasteiger partial charge in [0.1, 0.15) is 11.5 Å². The molecule has 1 aliphatic heterocycles. The van der Waals surface area contributed by atoms with Crippen LogP contribution in [0, 0.1) is 6.92 Å². The Morgan fingerprint density at radius 3 is 2.32 bits per heavy atom. The van der Waals surface area contributed by atoms with Crippen LogP contribution >= 0.6 is 0 Å². The second-order valence-corrected chi connectivity index (χ2v) is 11.9. The summed E-state index contributed by atoms with van der Waals surface area (Å²) in [7, 11) is 0. The van der Waals surface area contributed by atoms with Crippen LogP contribution in [0.15, 0.2) is 79.1 Å². The van der Waals surface area contributed by atoms with E-state index in [4.69, 9.17) is 9.84 Å². The van der Waals surface area contributed by atoms with E-state index >= 15 is 0 Å². The number of carbonyl (C=O) groups is 2. The smallest absolute Gasteiger partial charge is 0.324 e. The summed E-state index contributed by atoms with van der Waals surface area (Å²) in [6.07, 6.45) is 3.47. The van der Waals surface area contributed by atoms with Gasteiger partial charge in [0.25, 0.3) is 5.91 Å². The van der Waals surface area contributed by atoms with Gasteiger partial charge >= 0.3 is 6.03 Å². The SMILES string of the molecule is Cc1ccc(-n2nc(C(C)(C)C)cc2NC(=O)Nc2ccc(-c3ccc(C(=O)N4CCOCC4)nc3)c3ccccc23)cn1. The molecule has 0 radical (unpaired) electrons. The highest BCUT2D eigenvalue weighted by molar-refractivity contribution is 6.09. The topological polar surface area (TPSA) is 114 Å². The summed E-state index contributed by atoms with van der Waals surface area (Å²) >= 11 is 0. The van der Waals surface area contributed by atoms with E-state index in [2.05, 4.69) is 41.4 Å². The second-order valence-electron chi connectivity index (χ2n) is 11.9. The number of morpholine rings is 1. The van der Waals surface area contributed by atoms with Crippen LogP contribution in [0.25, 0.3) is 27.6 Å². The summed E-state index contributed by atoms with van der Waals surface area (Å²) in [6, 6.07) is 20.7. The summed E-state index contributed by atoms with van der Waals surface area (Å²) < 4.78 is 7.06. The fourth-order valence-corrected chi connectivity index (χ4v) is 5.16. The van der Waals surface area contributed by atoms with Crippen molar-refractivity contribution < 1.29 is 14.3 Å². The summed E-state index contributed by atoms with van der Waals surface area (Å²) in [5, 5.41) is 12.6. The number of ether oxygens (including phenoxy) is 1. The van der Waals surface area contributed by atoms with Gasteiger partial charge in [-0.15, -0.1) is 0 Å². The zero-order valence-corrected chi connectivity index (χ0v) is 25.3. The van der Waals surface area contributed by atoms with Crippen LogP contribution in [-0.2, 0) is 10.2 Å². The molecule has 6 rings (SSSR count). The quantitative estimate of drug-likeness (QED) is 0.252. The van der Waals surface area contributed by atoms with E-state index in [9.17, 15) is 9.59 Å². The molecule has 1 saturated heterocycles. The zero-order valence-electron chi connectivity index (χ0n) is 25.3. The Morgan fingerprint density at radius 2 is 1.64 bits per heavy atom. The minimum absolute atomic E-state index is 0.0927. The number of amides is 3. The minimum atomic E-state index is -0.391. The van der Waals surface area contributed by atoms with Crippen molar-refractivity contribution >= 4 is 34.2 Å². The average Bonchev–Trinajstić information content (AvgIpc) is 3.46. The third-order valence-corrected chi connectivity index (χ3v) is 7.62. The summed E-state index contributed by atoms with van der Waals surface area (Å²) in [5.74, 6) is 0.446. The molecular weight excluding hydrogens is 554 g/mol. The molecule has 10 nitrogen and oxygen atoms in total. The molecule has 5 aromatic rings. The van der Waals surface area contributed by atoms with Gasteiger partial charge in [-0.05, 0) is 42.1 Å². The number of hydrogen-bond donors (Lipinski definition) is 2. The van der Waals surface area contributed by atoms with Gasteiger partial charge in [0.15, 0.2) is 0 Å². The van der Waals surface area contributed by atoms with E-state index < -0.39 is 6.03 Å². The Morgan fingerprint density at radius 1 is 0.864 bits per heavy atom. The van der Waals surface area contributed by atoms with Crippen LogP contribution in [0.3, 0.4) is 0 Å². The van der Waals surface area contributed by atoms with Crippen LogP contribution in [0.1, 0.15) is 42.6 Å². The van der Waals surface area contributed by atoms with Gasteiger partial charge < -0.3 is 15.0 Å². The monoisotopic (exact) mass is 589 g/mol. The van der Waals surface area contributed by atoms with Crippen molar-refractivity contribution in [1.82, 2.24) is 24.6 Å². The fraction of sp³-hybridized carbons (Fsp3) is 0.265. The van der Waals surface area contributed by atoms with Crippen LogP contribution < -0.4 is 10.6 Å². The van der Waals surface area contributed by atoms with E-state index in [1.807, 2.05) is 67.6 Å². The Hall–Kier alpha value is -5.09. The molecule has 0 saturated carbocycles. The molecule has 0 aliphatic carbocycles. The maximum atomic E-state index is 13.4. The second kappa shape index (κ2) is 11.9. The molecule has 3 amide bonds. The van der Waals surface area contributed by atoms with Crippen molar-refractivity contribution in [3.63, 3.8) is 0 Å². The van der Waals surface area contributed by atoms with Gasteiger partial charge in [-0.1, -0.05) is 57.2 Å². The van der Waals surface area contributed by atoms with Crippen molar-refractivity contribution in [2.75, 3.05) is 36.9 Å². The first-order valence-electron chi connectivity index (χ1n) is 14.6. The standard InChI is InChI=1S/C34H35N7O3/c1-22-9-11-24(21-35-22)41-31(19-30(39-41)34(2,3)4)38-33(43)37-28-14-12-25(26-7-5-6-8-27(26)28)23-10-13-29(36-20-23)32(42)40-15-17-44-18-16-40/h5-14,19-21H,15-18H2,1-4H3,(H2,37,38,43). The van der Waals surface area contributed by atoms with Gasteiger partial charge in [-0.2, -0.15) is 5.10 Å². The van der Waals surface area contributed by atoms with Crippen molar-refractivity contribution in [2.24, 2.45) is 0 Å². The number of rotatable bonds is 5. The summed E-state index contributed by atoms with van der Waals surface area (Å²) in [5.41, 5.74) is 5.17. The number of anilines is 2. The molecule has 44 heavy (non-hydrogen) atoms. The predicted molar refractivity (Wildman–Crippen MR) is 171 cm³/mol. The van der Waals surface area contributed by atoms with Crippen molar-refractivity contribution in [3.8, 4) is 16.8 Å². The molecule has 4 heterocycles.